The third-order valence-corrected chi connectivity index (χ3v) is 3.88. The van der Waals surface area contributed by atoms with Gasteiger partial charge in [-0.2, -0.15) is 0 Å². The smallest absolute Gasteiger partial charge is 0.123 e. The Morgan fingerprint density at radius 2 is 2.18 bits per heavy atom. The number of nitrogens with one attached hydrogen (secondary N) is 1. The molecule has 1 unspecified atom stereocenters. The van der Waals surface area contributed by atoms with Gasteiger partial charge in [0.15, 0.2) is 0 Å². The second-order valence-corrected chi connectivity index (χ2v) is 5.52. The molecule has 0 aliphatic rings. The van der Waals surface area contributed by atoms with Crippen molar-refractivity contribution in [2.24, 2.45) is 5.41 Å². The zero-order chi connectivity index (χ0) is 12.9. The summed E-state index contributed by atoms with van der Waals surface area (Å²) in [4.78, 5) is 0. The molecular weight excluding hydrogens is 285 g/mol. The van der Waals surface area contributed by atoms with Crippen LogP contribution in [0.2, 0.25) is 0 Å². The van der Waals surface area contributed by atoms with Gasteiger partial charge in [-0.25, -0.2) is 4.39 Å². The molecule has 96 valence electrons. The summed E-state index contributed by atoms with van der Waals surface area (Å²) in [6, 6.07) is 4.65. The van der Waals surface area contributed by atoms with Crippen molar-refractivity contribution in [3.05, 3.63) is 34.1 Å². The first-order valence-electron chi connectivity index (χ1n) is 5.76. The summed E-state index contributed by atoms with van der Waals surface area (Å²) in [5, 5.41) is 12.5. The molecule has 0 saturated heterocycles. The minimum Gasteiger partial charge on any atom is -0.396 e. The SMILES string of the molecule is CCC(C)(CO)CNCc1cc(F)ccc1Br. The molecule has 1 rings (SSSR count). The third kappa shape index (κ3) is 4.37. The van der Waals surface area contributed by atoms with E-state index in [-0.39, 0.29) is 17.8 Å². The fourth-order valence-corrected chi connectivity index (χ4v) is 1.86. The van der Waals surface area contributed by atoms with Crippen LogP contribution in [0.15, 0.2) is 22.7 Å². The Morgan fingerprint density at radius 1 is 1.47 bits per heavy atom. The molecule has 0 aromatic heterocycles. The first-order chi connectivity index (χ1) is 8.00. The molecule has 0 radical (unpaired) electrons. The number of aliphatic hydroxyl groups is 1. The van der Waals surface area contributed by atoms with E-state index < -0.39 is 0 Å². The standard InChI is InChI=1S/C13H19BrFNO/c1-3-13(2,9-17)8-16-7-10-6-11(15)4-5-12(10)14/h4-6,16-17H,3,7-9H2,1-2H3. The van der Waals surface area contributed by atoms with Crippen LogP contribution >= 0.6 is 15.9 Å². The van der Waals surface area contributed by atoms with Gasteiger partial charge in [0.1, 0.15) is 5.82 Å². The van der Waals surface area contributed by atoms with Gasteiger partial charge in [-0.1, -0.05) is 29.8 Å². The summed E-state index contributed by atoms with van der Waals surface area (Å²) in [5.41, 5.74) is 0.779. The van der Waals surface area contributed by atoms with Crippen molar-refractivity contribution in [3.8, 4) is 0 Å². The molecular formula is C13H19BrFNO. The highest BCUT2D eigenvalue weighted by Gasteiger charge is 2.20. The van der Waals surface area contributed by atoms with Gasteiger partial charge in [0.2, 0.25) is 0 Å². The molecule has 2 N–H and O–H groups in total. The lowest BCUT2D eigenvalue weighted by Gasteiger charge is -2.26. The van der Waals surface area contributed by atoms with Crippen molar-refractivity contribution in [2.45, 2.75) is 26.8 Å². The molecule has 17 heavy (non-hydrogen) atoms. The molecule has 0 aliphatic carbocycles. The van der Waals surface area contributed by atoms with Crippen LogP contribution in [-0.4, -0.2) is 18.3 Å². The van der Waals surface area contributed by atoms with Gasteiger partial charge in [0.25, 0.3) is 0 Å². The van der Waals surface area contributed by atoms with Crippen LogP contribution in [-0.2, 0) is 6.54 Å². The van der Waals surface area contributed by atoms with Crippen LogP contribution in [0.3, 0.4) is 0 Å². The number of hydrogen-bond acceptors (Lipinski definition) is 2. The molecule has 2 nitrogen and oxygen atoms in total. The van der Waals surface area contributed by atoms with Gasteiger partial charge in [-0.05, 0) is 30.2 Å². The van der Waals surface area contributed by atoms with E-state index in [1.54, 1.807) is 6.07 Å². The second kappa shape index (κ2) is 6.47. The molecule has 0 amide bonds. The van der Waals surface area contributed by atoms with Crippen LogP contribution in [0.25, 0.3) is 0 Å². The lowest BCUT2D eigenvalue weighted by molar-refractivity contribution is 0.135. The summed E-state index contributed by atoms with van der Waals surface area (Å²) < 4.78 is 13.9. The third-order valence-electron chi connectivity index (χ3n) is 3.11. The summed E-state index contributed by atoms with van der Waals surface area (Å²) in [6.45, 7) is 5.54. The van der Waals surface area contributed by atoms with E-state index >= 15 is 0 Å². The van der Waals surface area contributed by atoms with E-state index in [2.05, 4.69) is 28.2 Å². The largest absolute Gasteiger partial charge is 0.396 e. The van der Waals surface area contributed by atoms with Crippen molar-refractivity contribution in [3.63, 3.8) is 0 Å². The van der Waals surface area contributed by atoms with Crippen LogP contribution in [0, 0.1) is 11.2 Å². The zero-order valence-corrected chi connectivity index (χ0v) is 11.8. The Hall–Kier alpha value is -0.450. The van der Waals surface area contributed by atoms with Crippen LogP contribution in [0.5, 0.6) is 0 Å². The van der Waals surface area contributed by atoms with Gasteiger partial charge in [-0.15, -0.1) is 0 Å². The molecule has 1 atom stereocenters. The monoisotopic (exact) mass is 303 g/mol. The summed E-state index contributed by atoms with van der Waals surface area (Å²) in [7, 11) is 0. The predicted octanol–water partition coefficient (Wildman–Crippen LogP) is 3.09. The Morgan fingerprint density at radius 3 is 2.76 bits per heavy atom. The highest BCUT2D eigenvalue weighted by Crippen LogP contribution is 2.20. The van der Waals surface area contributed by atoms with Crippen molar-refractivity contribution in [2.75, 3.05) is 13.2 Å². The van der Waals surface area contributed by atoms with Crippen LogP contribution in [0.4, 0.5) is 4.39 Å². The number of benzene rings is 1. The van der Waals surface area contributed by atoms with Crippen molar-refractivity contribution in [1.82, 2.24) is 5.32 Å². The predicted molar refractivity (Wildman–Crippen MR) is 71.3 cm³/mol. The summed E-state index contributed by atoms with van der Waals surface area (Å²) in [5.74, 6) is -0.231. The van der Waals surface area contributed by atoms with Crippen LogP contribution < -0.4 is 5.32 Å². The van der Waals surface area contributed by atoms with Crippen molar-refractivity contribution < 1.29 is 9.50 Å². The highest BCUT2D eigenvalue weighted by atomic mass is 79.9. The molecule has 0 aliphatic heterocycles. The molecule has 0 saturated carbocycles. The second-order valence-electron chi connectivity index (χ2n) is 4.66. The average molecular weight is 304 g/mol. The van der Waals surface area contributed by atoms with E-state index in [4.69, 9.17) is 0 Å². The Bertz CT molecular complexity index is 366. The maximum atomic E-state index is 13.1. The maximum absolute atomic E-state index is 13.1. The summed E-state index contributed by atoms with van der Waals surface area (Å²) in [6.07, 6.45) is 0.904. The van der Waals surface area contributed by atoms with E-state index in [1.165, 1.54) is 12.1 Å². The molecule has 0 fully saturated rings. The van der Waals surface area contributed by atoms with E-state index in [9.17, 15) is 9.50 Å². The van der Waals surface area contributed by atoms with Gasteiger partial charge in [-0.3, -0.25) is 0 Å². The van der Waals surface area contributed by atoms with Gasteiger partial charge in [0, 0.05) is 29.6 Å². The lowest BCUT2D eigenvalue weighted by Crippen LogP contribution is -2.34. The molecule has 0 heterocycles. The first kappa shape index (κ1) is 14.6. The number of halogens is 2. The first-order valence-corrected chi connectivity index (χ1v) is 6.55. The highest BCUT2D eigenvalue weighted by molar-refractivity contribution is 9.10. The number of hydrogen-bond donors (Lipinski definition) is 2. The Balaban J connectivity index is 2.53. The van der Waals surface area contributed by atoms with Crippen molar-refractivity contribution in [1.29, 1.82) is 0 Å². The number of rotatable bonds is 6. The lowest BCUT2D eigenvalue weighted by atomic mass is 9.88. The topological polar surface area (TPSA) is 32.3 Å². The van der Waals surface area contributed by atoms with Gasteiger partial charge >= 0.3 is 0 Å². The minimum absolute atomic E-state index is 0.111. The normalized spacial score (nSPS) is 14.6. The molecule has 4 heteroatoms. The quantitative estimate of drug-likeness (QED) is 0.846. The minimum atomic E-state index is -0.231. The number of aliphatic hydroxyl groups excluding tert-OH is 1. The Kier molecular flexibility index (Phi) is 5.56. The van der Waals surface area contributed by atoms with Gasteiger partial charge in [0.05, 0.1) is 0 Å². The molecule has 1 aromatic rings. The molecule has 0 bridgehead atoms. The van der Waals surface area contributed by atoms with Crippen molar-refractivity contribution >= 4 is 15.9 Å². The van der Waals surface area contributed by atoms with Gasteiger partial charge < -0.3 is 10.4 Å². The Labute approximate surface area is 110 Å². The molecule has 0 spiro atoms. The average Bonchev–Trinajstić information content (AvgIpc) is 2.33. The van der Waals surface area contributed by atoms with E-state index in [1.807, 2.05) is 6.92 Å². The maximum Gasteiger partial charge on any atom is 0.123 e. The zero-order valence-electron chi connectivity index (χ0n) is 10.3. The molecule has 1 aromatic carbocycles. The fourth-order valence-electron chi connectivity index (χ4n) is 1.47. The van der Waals surface area contributed by atoms with E-state index in [0.29, 0.717) is 13.1 Å². The van der Waals surface area contributed by atoms with E-state index in [0.717, 1.165) is 16.5 Å². The summed E-state index contributed by atoms with van der Waals surface area (Å²) >= 11 is 3.39. The van der Waals surface area contributed by atoms with Crippen LogP contribution in [0.1, 0.15) is 25.8 Å². The fraction of sp³-hybridized carbons (Fsp3) is 0.538.